The van der Waals surface area contributed by atoms with Crippen molar-refractivity contribution in [1.29, 1.82) is 0 Å². The van der Waals surface area contributed by atoms with Crippen molar-refractivity contribution < 1.29 is 26.5 Å². The molecule has 5 rings (SSSR count). The second kappa shape index (κ2) is 8.57. The molecule has 2 atom stereocenters. The number of hydrogen-bond donors (Lipinski definition) is 0. The molecule has 30 heavy (non-hydrogen) atoms. The van der Waals surface area contributed by atoms with Gasteiger partial charge in [-0.15, -0.1) is 0 Å². The van der Waals surface area contributed by atoms with Gasteiger partial charge in [0.25, 0.3) is 0 Å². The molecule has 0 saturated carbocycles. The molecule has 3 aliphatic rings. The molecule has 2 aromatic carbocycles. The molecule has 0 amide bonds. The van der Waals surface area contributed by atoms with E-state index in [2.05, 4.69) is 58.4 Å². The van der Waals surface area contributed by atoms with E-state index in [4.69, 9.17) is 4.74 Å². The first-order chi connectivity index (χ1) is 14.3. The molecule has 2 heterocycles. The molecular weight excluding hydrogens is 440 g/mol. The van der Waals surface area contributed by atoms with Crippen molar-refractivity contribution in [3.8, 4) is 0 Å². The highest BCUT2D eigenvalue weighted by molar-refractivity contribution is 5.92. The summed E-state index contributed by atoms with van der Waals surface area (Å²) in [4.78, 5) is 17.5. The molecule has 0 bridgehead atoms. The van der Waals surface area contributed by atoms with Gasteiger partial charge in [-0.05, 0) is 24.1 Å². The van der Waals surface area contributed by atoms with E-state index in [-0.39, 0.29) is 35.2 Å². The zero-order valence-corrected chi connectivity index (χ0v) is 18.4. The molecule has 0 radical (unpaired) electrons. The Bertz CT molecular complexity index is 1030. The molecule has 152 valence electrons. The van der Waals surface area contributed by atoms with Crippen LogP contribution in [0.1, 0.15) is 11.1 Å². The number of anilines is 1. The number of para-hydroxylation sites is 1. The first kappa shape index (κ1) is 20.5. The first-order valence-electron chi connectivity index (χ1n) is 10.0. The summed E-state index contributed by atoms with van der Waals surface area (Å²) in [5.74, 6) is -0.184. The maximum Gasteiger partial charge on any atom is 0.323 e. The number of allylic oxidation sites excluding steroid dienone is 4. The predicted octanol–water partition coefficient (Wildman–Crippen LogP) is 0.619. The molecule has 1 fully saturated rings. The molecule has 0 spiro atoms. The Balaban J connectivity index is 0.00000218. The molecule has 0 aromatic heterocycles. The summed E-state index contributed by atoms with van der Waals surface area (Å²) in [7, 11) is 1.48. The lowest BCUT2D eigenvalue weighted by Gasteiger charge is -2.38. The fraction of sp³-hybridized carbons (Fsp3) is 0.240. The van der Waals surface area contributed by atoms with E-state index in [9.17, 15) is 4.79 Å². The van der Waals surface area contributed by atoms with Crippen LogP contribution < -0.4 is 21.9 Å². The summed E-state index contributed by atoms with van der Waals surface area (Å²) in [6, 6.07) is 18.3. The molecule has 1 aliphatic carbocycles. The first-order valence-corrected chi connectivity index (χ1v) is 10.0. The number of fused-ring (bicyclic) bond motifs is 6. The van der Waals surface area contributed by atoms with Gasteiger partial charge < -0.3 is 26.6 Å². The van der Waals surface area contributed by atoms with Gasteiger partial charge in [-0.2, -0.15) is 0 Å². The second-order valence-electron chi connectivity index (χ2n) is 7.55. The number of esters is 1. The maximum atomic E-state index is 12.8. The Kier molecular flexibility index (Phi) is 5.87. The number of carbonyl (C=O) groups is 1. The number of hydrogen-bond acceptors (Lipinski definition) is 4. The van der Waals surface area contributed by atoms with Gasteiger partial charge >= 0.3 is 5.97 Å². The van der Waals surface area contributed by atoms with Crippen LogP contribution in [0.4, 0.5) is 5.69 Å². The Morgan fingerprint density at radius 2 is 1.90 bits per heavy atom. The summed E-state index contributed by atoms with van der Waals surface area (Å²) in [6.07, 6.45) is 10.2. The minimum absolute atomic E-state index is 0. The smallest absolute Gasteiger partial charge is 0.323 e. The molecule has 2 unspecified atom stereocenters. The highest BCUT2D eigenvalue weighted by Gasteiger charge is 2.49. The van der Waals surface area contributed by atoms with Crippen LogP contribution in [0.5, 0.6) is 0 Å². The Morgan fingerprint density at radius 1 is 1.13 bits per heavy atom. The predicted molar refractivity (Wildman–Crippen MR) is 114 cm³/mol. The average molecular weight is 463 g/mol. The van der Waals surface area contributed by atoms with Crippen LogP contribution in [-0.4, -0.2) is 43.3 Å². The average Bonchev–Trinajstić information content (AvgIpc) is 3.23. The van der Waals surface area contributed by atoms with Gasteiger partial charge in [-0.1, -0.05) is 42.5 Å². The molecule has 5 heteroatoms. The number of halogens is 1. The molecule has 4 nitrogen and oxygen atoms in total. The molecule has 2 aromatic rings. The van der Waals surface area contributed by atoms with Crippen molar-refractivity contribution in [3.63, 3.8) is 0 Å². The van der Waals surface area contributed by atoms with Crippen molar-refractivity contribution in [2.45, 2.75) is 18.6 Å². The zero-order chi connectivity index (χ0) is 19.8. The largest absolute Gasteiger partial charge is 1.00 e. The quantitative estimate of drug-likeness (QED) is 0.492. The highest BCUT2D eigenvalue weighted by Crippen LogP contribution is 2.45. The number of nitrogens with zero attached hydrogens (tertiary/aromatic N) is 2. The minimum Gasteiger partial charge on any atom is -1.00 e. The number of carbonyl (C=O) groups excluding carboxylic acids is 1. The third-order valence-corrected chi connectivity index (χ3v) is 6.00. The summed E-state index contributed by atoms with van der Waals surface area (Å²) >= 11 is 0. The van der Waals surface area contributed by atoms with Gasteiger partial charge in [0.2, 0.25) is 0 Å². The highest BCUT2D eigenvalue weighted by atomic mass is 79.9. The maximum absolute atomic E-state index is 12.8. The molecular formula is C25H23BrN2O2. The van der Waals surface area contributed by atoms with E-state index >= 15 is 0 Å². The SMILES string of the molecule is COC(=O)C(Cc1ccccc1)N1CCN2c3ccccc3C3=[C+]C=CC=C3C21.[Br-]. The fourth-order valence-electron chi connectivity index (χ4n) is 4.72. The van der Waals surface area contributed by atoms with Crippen LogP contribution in [0.2, 0.25) is 0 Å². The normalized spacial score (nSPS) is 19.9. The number of benzene rings is 2. The van der Waals surface area contributed by atoms with E-state index in [1.807, 2.05) is 30.4 Å². The lowest BCUT2D eigenvalue weighted by Crippen LogP contribution is -3.00. The Labute approximate surface area is 187 Å². The Morgan fingerprint density at radius 3 is 2.70 bits per heavy atom. The van der Waals surface area contributed by atoms with Crippen LogP contribution in [0.15, 0.2) is 78.4 Å². The number of methoxy groups -OCH3 is 1. The third kappa shape index (κ3) is 3.39. The van der Waals surface area contributed by atoms with E-state index in [0.29, 0.717) is 6.42 Å². The van der Waals surface area contributed by atoms with Crippen LogP contribution >= 0.6 is 0 Å². The van der Waals surface area contributed by atoms with Crippen molar-refractivity contribution in [2.24, 2.45) is 0 Å². The number of ether oxygens (including phenoxy) is 1. The van der Waals surface area contributed by atoms with Gasteiger partial charge in [-0.3, -0.25) is 9.69 Å². The standard InChI is InChI=1S/C25H23N2O2.BrH/c1-29-25(28)23(17-18-9-3-2-4-10-18)27-16-15-26-22-14-8-7-12-20(22)19-11-5-6-13-21(19)24(26)27;/h2-10,12-14,23-24H,15-17H2,1H3;1H/q+1;/p-1. The fourth-order valence-corrected chi connectivity index (χ4v) is 4.72. The van der Waals surface area contributed by atoms with Crippen molar-refractivity contribution in [2.75, 3.05) is 25.1 Å². The summed E-state index contributed by atoms with van der Waals surface area (Å²) < 4.78 is 5.23. The molecule has 2 aliphatic heterocycles. The van der Waals surface area contributed by atoms with E-state index < -0.39 is 0 Å². The summed E-state index contributed by atoms with van der Waals surface area (Å²) in [6.45, 7) is 1.68. The van der Waals surface area contributed by atoms with Crippen molar-refractivity contribution >= 4 is 17.2 Å². The van der Waals surface area contributed by atoms with Crippen LogP contribution in [-0.2, 0) is 16.0 Å². The molecule has 1 saturated heterocycles. The van der Waals surface area contributed by atoms with Crippen molar-refractivity contribution in [1.82, 2.24) is 4.90 Å². The van der Waals surface area contributed by atoms with E-state index in [1.165, 1.54) is 23.9 Å². The summed E-state index contributed by atoms with van der Waals surface area (Å²) in [5.41, 5.74) is 5.87. The Hall–Kier alpha value is -2.72. The second-order valence-corrected chi connectivity index (χ2v) is 7.55. The third-order valence-electron chi connectivity index (χ3n) is 6.00. The summed E-state index contributed by atoms with van der Waals surface area (Å²) in [5, 5.41) is 0. The number of rotatable bonds is 4. The zero-order valence-electron chi connectivity index (χ0n) is 16.8. The monoisotopic (exact) mass is 462 g/mol. The topological polar surface area (TPSA) is 32.8 Å². The van der Waals surface area contributed by atoms with Gasteiger partial charge in [-0.25, -0.2) is 0 Å². The van der Waals surface area contributed by atoms with Gasteiger partial charge in [0.1, 0.15) is 12.2 Å². The lowest BCUT2D eigenvalue weighted by molar-refractivity contribution is -0.147. The van der Waals surface area contributed by atoms with Gasteiger partial charge in [0.15, 0.2) is 5.57 Å². The lowest BCUT2D eigenvalue weighted by atomic mass is 9.86. The van der Waals surface area contributed by atoms with Crippen LogP contribution in [0.3, 0.4) is 0 Å². The van der Waals surface area contributed by atoms with Crippen molar-refractivity contribution in [3.05, 3.63) is 95.6 Å². The minimum atomic E-state index is -0.337. The van der Waals surface area contributed by atoms with Crippen LogP contribution in [0, 0.1) is 6.08 Å². The molecule has 0 N–H and O–H groups in total. The van der Waals surface area contributed by atoms with E-state index in [0.717, 1.165) is 24.2 Å². The van der Waals surface area contributed by atoms with Gasteiger partial charge in [0, 0.05) is 31.3 Å². The van der Waals surface area contributed by atoms with E-state index in [1.54, 1.807) is 0 Å². The van der Waals surface area contributed by atoms with Gasteiger partial charge in [0.05, 0.1) is 30.0 Å². The van der Waals surface area contributed by atoms with Crippen LogP contribution in [0.25, 0.3) is 5.57 Å².